The Morgan fingerprint density at radius 3 is 1.33 bits per heavy atom. The maximum Gasteiger partial charge on any atom is 0 e. The van der Waals surface area contributed by atoms with Gasteiger partial charge in [-0.3, -0.25) is 0 Å². The van der Waals surface area contributed by atoms with Crippen molar-refractivity contribution >= 4 is 0 Å². The van der Waals surface area contributed by atoms with Crippen LogP contribution in [0.25, 0.3) is 0 Å². The van der Waals surface area contributed by atoms with Gasteiger partial charge in [0.05, 0.1) is 0 Å². The average Bonchev–Trinajstić information content (AvgIpc) is 2.42. The van der Waals surface area contributed by atoms with Crippen LogP contribution in [-0.4, -0.2) is 0 Å². The van der Waals surface area contributed by atoms with Crippen molar-refractivity contribution in [3.05, 3.63) is 62.6 Å². The quantitative estimate of drug-likeness (QED) is 0.359. The topological polar surface area (TPSA) is 9.23 Å². The van der Waals surface area contributed by atoms with Gasteiger partial charge < -0.3 is 4.74 Å². The van der Waals surface area contributed by atoms with Gasteiger partial charge in [-0.25, -0.2) is 17.0 Å². The minimum absolute atomic E-state index is 0. The first-order chi connectivity index (χ1) is 9.82. The Kier molecular flexibility index (Phi) is 9.64. The molecule has 0 N–H and O–H groups in total. The van der Waals surface area contributed by atoms with E-state index in [2.05, 4.69) is 60.6 Å². The molecule has 0 aromatic heterocycles. The largest absolute Gasteiger partial charge is 0.577 e. The summed E-state index contributed by atoms with van der Waals surface area (Å²) in [5, 5.41) is 0. The van der Waals surface area contributed by atoms with E-state index in [4.69, 9.17) is 4.74 Å². The first kappa shape index (κ1) is 25.0. The predicted molar refractivity (Wildman–Crippen MR) is 86.2 cm³/mol. The van der Waals surface area contributed by atoms with Crippen LogP contribution in [-0.2, 0) is 85.8 Å². The van der Waals surface area contributed by atoms with E-state index in [0.717, 1.165) is 22.6 Å². The molecule has 0 aliphatic carbocycles. The fourth-order valence-corrected chi connectivity index (χ4v) is 3.21. The number of benzene rings is 2. The number of ether oxygens (including phenoxy) is 1. The third-order valence-corrected chi connectivity index (χ3v) is 5.01. The van der Waals surface area contributed by atoms with Gasteiger partial charge in [0.2, 0.25) is 0 Å². The fraction of sp³-hybridized carbons (Fsp3) is 0.350. The molecular formula is C20H21OReY2-3. The Bertz CT molecular complexity index is 706. The number of fused-ring (bicyclic) bond motifs is 2. The SMILES string of the molecule is Cc1[c-]c2c(c(C)c1C)[C-](C)c1c([c-]c(C)c(C)c1C)O2.[Re].[Y].[Y]. The molecule has 1 aliphatic heterocycles. The summed E-state index contributed by atoms with van der Waals surface area (Å²) in [6.07, 6.45) is 0. The van der Waals surface area contributed by atoms with Crippen molar-refractivity contribution in [2.75, 3.05) is 0 Å². The van der Waals surface area contributed by atoms with E-state index in [-0.39, 0.29) is 85.8 Å². The van der Waals surface area contributed by atoms with Crippen LogP contribution in [0.1, 0.15) is 51.4 Å². The minimum Gasteiger partial charge on any atom is -0.577 e. The second kappa shape index (κ2) is 9.26. The molecule has 1 aliphatic rings. The summed E-state index contributed by atoms with van der Waals surface area (Å²) in [5.74, 6) is 2.97. The van der Waals surface area contributed by atoms with Crippen LogP contribution in [0, 0.1) is 59.6 Å². The summed E-state index contributed by atoms with van der Waals surface area (Å²) < 4.78 is 6.15. The first-order valence-electron chi connectivity index (χ1n) is 7.41. The Hall–Kier alpha value is 0.980. The molecule has 4 heteroatoms. The van der Waals surface area contributed by atoms with Crippen molar-refractivity contribution in [2.45, 2.75) is 48.5 Å². The van der Waals surface area contributed by atoms with Gasteiger partial charge in [0.15, 0.2) is 0 Å². The molecule has 0 fully saturated rings. The van der Waals surface area contributed by atoms with Crippen LogP contribution in [0.3, 0.4) is 0 Å². The van der Waals surface area contributed by atoms with Crippen molar-refractivity contribution in [1.82, 2.24) is 0 Å². The van der Waals surface area contributed by atoms with Crippen LogP contribution >= 0.6 is 0 Å². The van der Waals surface area contributed by atoms with E-state index in [1.165, 1.54) is 39.3 Å². The molecule has 1 heterocycles. The van der Waals surface area contributed by atoms with Gasteiger partial charge in [0, 0.05) is 85.8 Å². The smallest absolute Gasteiger partial charge is 0 e. The van der Waals surface area contributed by atoms with Crippen LogP contribution in [0.5, 0.6) is 11.5 Å². The summed E-state index contributed by atoms with van der Waals surface area (Å²) in [4.78, 5) is 0. The van der Waals surface area contributed by atoms with Gasteiger partial charge in [0.1, 0.15) is 0 Å². The molecule has 0 spiro atoms. The Balaban J connectivity index is 0.00000176. The predicted octanol–water partition coefficient (Wildman–Crippen LogP) is 5.23. The standard InChI is InChI=1S/C20H21O.Re.2Y/c1-10-8-17-19(14(5)12(10)3)16(7)20-15(6)13(4)11(2)9-18(20)21-17;;;/h1-7H3;;;/q-3;;;. The first-order valence-corrected chi connectivity index (χ1v) is 7.41. The summed E-state index contributed by atoms with van der Waals surface area (Å²) in [6, 6.07) is 6.80. The molecular weight excluding hydrogens is 620 g/mol. The maximum absolute atomic E-state index is 6.15. The van der Waals surface area contributed by atoms with E-state index in [1.54, 1.807) is 0 Å². The molecule has 3 rings (SSSR count). The van der Waals surface area contributed by atoms with Crippen LogP contribution in [0.4, 0.5) is 0 Å². The number of hydrogen-bond acceptors (Lipinski definition) is 1. The fourth-order valence-electron chi connectivity index (χ4n) is 3.21. The molecule has 3 radical (unpaired) electrons. The Labute approximate surface area is 210 Å². The molecule has 0 bridgehead atoms. The van der Waals surface area contributed by atoms with Crippen molar-refractivity contribution in [3.63, 3.8) is 0 Å². The van der Waals surface area contributed by atoms with E-state index >= 15 is 0 Å². The second-order valence-corrected chi connectivity index (χ2v) is 6.14. The molecule has 2 aromatic carbocycles. The molecule has 0 atom stereocenters. The van der Waals surface area contributed by atoms with Crippen LogP contribution in [0.15, 0.2) is 0 Å². The Morgan fingerprint density at radius 1 is 0.667 bits per heavy atom. The normalized spacial score (nSPS) is 11.2. The number of hydrogen-bond donors (Lipinski definition) is 0. The molecule has 2 aromatic rings. The van der Waals surface area contributed by atoms with Crippen molar-refractivity contribution in [3.8, 4) is 11.5 Å². The average molecular weight is 641 g/mol. The van der Waals surface area contributed by atoms with Crippen LogP contribution in [0.2, 0.25) is 0 Å². The van der Waals surface area contributed by atoms with Gasteiger partial charge in [-0.15, -0.1) is 0 Å². The third-order valence-electron chi connectivity index (χ3n) is 5.01. The van der Waals surface area contributed by atoms with Gasteiger partial charge >= 0.3 is 0 Å². The monoisotopic (exact) mass is 642 g/mol. The zero-order valence-electron chi connectivity index (χ0n) is 15.4. The van der Waals surface area contributed by atoms with E-state index in [1.807, 2.05) is 0 Å². The summed E-state index contributed by atoms with van der Waals surface area (Å²) in [7, 11) is 0. The van der Waals surface area contributed by atoms with Gasteiger partial charge in [0.25, 0.3) is 0 Å². The summed E-state index contributed by atoms with van der Waals surface area (Å²) >= 11 is 0. The van der Waals surface area contributed by atoms with E-state index in [0.29, 0.717) is 0 Å². The molecule has 0 unspecified atom stereocenters. The van der Waals surface area contributed by atoms with Crippen molar-refractivity contribution < 1.29 is 90.6 Å². The third kappa shape index (κ3) is 3.96. The zero-order valence-corrected chi connectivity index (χ0v) is 23.8. The second-order valence-electron chi connectivity index (χ2n) is 6.14. The summed E-state index contributed by atoms with van der Waals surface area (Å²) in [5.41, 5.74) is 9.89. The molecule has 0 amide bonds. The van der Waals surface area contributed by atoms with Gasteiger partial charge in [-0.2, -0.15) is 45.5 Å². The molecule has 123 valence electrons. The van der Waals surface area contributed by atoms with E-state index < -0.39 is 0 Å². The Morgan fingerprint density at radius 2 is 1.00 bits per heavy atom. The van der Waals surface area contributed by atoms with Crippen molar-refractivity contribution in [2.24, 2.45) is 0 Å². The molecule has 1 nitrogen and oxygen atoms in total. The molecule has 0 saturated heterocycles. The summed E-state index contributed by atoms with van der Waals surface area (Å²) in [6.45, 7) is 15.0. The minimum atomic E-state index is 0. The number of rotatable bonds is 0. The van der Waals surface area contributed by atoms with Crippen LogP contribution < -0.4 is 4.74 Å². The molecule has 0 saturated carbocycles. The molecule has 24 heavy (non-hydrogen) atoms. The van der Waals surface area contributed by atoms with Gasteiger partial charge in [-0.1, -0.05) is 60.0 Å². The van der Waals surface area contributed by atoms with E-state index in [9.17, 15) is 0 Å². The van der Waals surface area contributed by atoms with Crippen molar-refractivity contribution in [1.29, 1.82) is 0 Å². The zero-order chi connectivity index (χ0) is 15.5. The maximum atomic E-state index is 6.15. The number of aryl methyl sites for hydroxylation is 2. The van der Waals surface area contributed by atoms with Gasteiger partial charge in [-0.05, 0) is 0 Å².